The van der Waals surface area contributed by atoms with E-state index in [0.29, 0.717) is 18.8 Å². The highest BCUT2D eigenvalue weighted by atomic mass is 32.1. The van der Waals surface area contributed by atoms with Gasteiger partial charge in [0.05, 0.1) is 31.9 Å². The normalized spacial score (nSPS) is 10.8. The number of carbonyl (C=O) groups excluding carboxylic acids is 1. The Morgan fingerprint density at radius 3 is 2.69 bits per heavy atom. The Hall–Kier alpha value is -3.12. The molecule has 4 rings (SSSR count). The lowest BCUT2D eigenvalue weighted by molar-refractivity contribution is 0.0711. The molecule has 6 heteroatoms. The first-order valence-electron chi connectivity index (χ1n) is 8.23. The summed E-state index contributed by atoms with van der Waals surface area (Å²) in [5, 5.41) is 2.01. The highest BCUT2D eigenvalue weighted by Crippen LogP contribution is 2.19. The number of carbonyl (C=O) groups is 1. The fourth-order valence-corrected chi connectivity index (χ4v) is 3.51. The van der Waals surface area contributed by atoms with Crippen LogP contribution in [0.1, 0.15) is 21.1 Å². The zero-order chi connectivity index (χ0) is 17.8. The SMILES string of the molecule is O=C(c1cncn1-c1ccccc1)N(Cc1ccco1)Cc1cccs1. The van der Waals surface area contributed by atoms with Gasteiger partial charge in [0.2, 0.25) is 0 Å². The molecule has 4 aromatic rings. The highest BCUT2D eigenvalue weighted by Gasteiger charge is 2.22. The van der Waals surface area contributed by atoms with Crippen LogP contribution in [-0.2, 0) is 13.1 Å². The van der Waals surface area contributed by atoms with E-state index < -0.39 is 0 Å². The minimum Gasteiger partial charge on any atom is -0.467 e. The third-order valence-electron chi connectivity index (χ3n) is 4.03. The number of nitrogens with zero attached hydrogens (tertiary/aromatic N) is 3. The Balaban J connectivity index is 1.65. The van der Waals surface area contributed by atoms with E-state index in [1.807, 2.05) is 64.5 Å². The topological polar surface area (TPSA) is 51.3 Å². The van der Waals surface area contributed by atoms with Gasteiger partial charge in [0.15, 0.2) is 0 Å². The molecular weight excluding hydrogens is 346 g/mol. The van der Waals surface area contributed by atoms with E-state index in [1.165, 1.54) is 0 Å². The van der Waals surface area contributed by atoms with Crippen LogP contribution >= 0.6 is 11.3 Å². The Morgan fingerprint density at radius 1 is 1.08 bits per heavy atom. The second kappa shape index (κ2) is 7.41. The van der Waals surface area contributed by atoms with Crippen LogP contribution in [0.3, 0.4) is 0 Å². The van der Waals surface area contributed by atoms with Crippen molar-refractivity contribution in [3.05, 3.63) is 95.1 Å². The largest absolute Gasteiger partial charge is 0.467 e. The molecule has 0 aliphatic heterocycles. The summed E-state index contributed by atoms with van der Waals surface area (Å²) in [5.74, 6) is 0.664. The molecule has 0 aliphatic carbocycles. The van der Waals surface area contributed by atoms with Crippen LogP contribution in [0.15, 0.2) is 83.2 Å². The summed E-state index contributed by atoms with van der Waals surface area (Å²) in [4.78, 5) is 20.4. The number of benzene rings is 1. The third-order valence-corrected chi connectivity index (χ3v) is 4.89. The molecule has 26 heavy (non-hydrogen) atoms. The van der Waals surface area contributed by atoms with Crippen molar-refractivity contribution >= 4 is 17.2 Å². The third kappa shape index (κ3) is 3.45. The molecule has 5 nitrogen and oxygen atoms in total. The summed E-state index contributed by atoms with van der Waals surface area (Å²) in [6.07, 6.45) is 4.90. The van der Waals surface area contributed by atoms with Crippen LogP contribution in [-0.4, -0.2) is 20.4 Å². The van der Waals surface area contributed by atoms with Gasteiger partial charge in [-0.15, -0.1) is 11.3 Å². The Labute approximate surface area is 155 Å². The standard InChI is InChI=1S/C20H17N3O2S/c24-20(19-12-21-15-23(19)16-6-2-1-3-7-16)22(13-17-8-4-10-25-17)14-18-9-5-11-26-18/h1-12,15H,13-14H2. The fourth-order valence-electron chi connectivity index (χ4n) is 2.79. The van der Waals surface area contributed by atoms with Gasteiger partial charge in [0.25, 0.3) is 5.91 Å². The fraction of sp³-hybridized carbons (Fsp3) is 0.100. The molecule has 0 bridgehead atoms. The molecule has 1 amide bonds. The summed E-state index contributed by atoms with van der Waals surface area (Å²) >= 11 is 1.63. The Bertz CT molecular complexity index is 924. The van der Waals surface area contributed by atoms with Crippen LogP contribution in [0.25, 0.3) is 5.69 Å². The van der Waals surface area contributed by atoms with Crippen LogP contribution in [0, 0.1) is 0 Å². The number of hydrogen-bond acceptors (Lipinski definition) is 4. The average molecular weight is 363 g/mol. The summed E-state index contributed by atoms with van der Waals surface area (Å²) in [5.41, 5.74) is 1.43. The van der Waals surface area contributed by atoms with Crippen LogP contribution in [0.2, 0.25) is 0 Å². The van der Waals surface area contributed by atoms with E-state index in [9.17, 15) is 4.79 Å². The van der Waals surface area contributed by atoms with Gasteiger partial charge < -0.3 is 9.32 Å². The molecule has 130 valence electrons. The summed E-state index contributed by atoms with van der Waals surface area (Å²) in [6.45, 7) is 0.931. The van der Waals surface area contributed by atoms with Gasteiger partial charge in [0, 0.05) is 10.6 Å². The van der Waals surface area contributed by atoms with Crippen molar-refractivity contribution in [1.82, 2.24) is 14.5 Å². The van der Waals surface area contributed by atoms with Crippen molar-refractivity contribution < 1.29 is 9.21 Å². The quantitative estimate of drug-likeness (QED) is 0.511. The lowest BCUT2D eigenvalue weighted by atomic mass is 10.2. The van der Waals surface area contributed by atoms with Crippen molar-refractivity contribution in [2.75, 3.05) is 0 Å². The van der Waals surface area contributed by atoms with Crippen LogP contribution in [0.4, 0.5) is 0 Å². The molecule has 0 unspecified atom stereocenters. The van der Waals surface area contributed by atoms with Gasteiger partial charge in [-0.2, -0.15) is 0 Å². The Kier molecular flexibility index (Phi) is 4.66. The summed E-state index contributed by atoms with van der Waals surface area (Å²) < 4.78 is 7.26. The maximum Gasteiger partial charge on any atom is 0.273 e. The molecular formula is C20H17N3O2S. The molecule has 3 aromatic heterocycles. The molecule has 0 atom stereocenters. The van der Waals surface area contributed by atoms with Gasteiger partial charge in [-0.25, -0.2) is 4.98 Å². The van der Waals surface area contributed by atoms with Gasteiger partial charge in [-0.1, -0.05) is 24.3 Å². The predicted octanol–water partition coefficient (Wildman–Crippen LogP) is 4.37. The van der Waals surface area contributed by atoms with Crippen LogP contribution in [0.5, 0.6) is 0 Å². The maximum atomic E-state index is 13.3. The molecule has 0 radical (unpaired) electrons. The number of rotatable bonds is 6. The number of hydrogen-bond donors (Lipinski definition) is 0. The van der Waals surface area contributed by atoms with Crippen molar-refractivity contribution in [2.24, 2.45) is 0 Å². The molecule has 3 heterocycles. The first-order valence-corrected chi connectivity index (χ1v) is 9.11. The minimum absolute atomic E-state index is 0.0869. The minimum atomic E-state index is -0.0869. The van der Waals surface area contributed by atoms with Crippen molar-refractivity contribution in [1.29, 1.82) is 0 Å². The molecule has 0 spiro atoms. The average Bonchev–Trinajstić information content (AvgIpc) is 3.43. The van der Waals surface area contributed by atoms with Crippen molar-refractivity contribution in [3.63, 3.8) is 0 Å². The van der Waals surface area contributed by atoms with Crippen LogP contribution < -0.4 is 0 Å². The summed E-state index contributed by atoms with van der Waals surface area (Å²) in [6, 6.07) is 17.5. The van der Waals surface area contributed by atoms with Crippen molar-refractivity contribution in [3.8, 4) is 5.69 Å². The van der Waals surface area contributed by atoms with E-state index in [2.05, 4.69) is 4.98 Å². The number of aromatic nitrogens is 2. The van der Waals surface area contributed by atoms with Gasteiger partial charge >= 0.3 is 0 Å². The monoisotopic (exact) mass is 363 g/mol. The molecule has 0 saturated heterocycles. The predicted molar refractivity (Wildman–Crippen MR) is 100 cm³/mol. The van der Waals surface area contributed by atoms with E-state index >= 15 is 0 Å². The zero-order valence-electron chi connectivity index (χ0n) is 14.0. The first kappa shape index (κ1) is 16.4. The highest BCUT2D eigenvalue weighted by molar-refractivity contribution is 7.09. The molecule has 0 N–H and O–H groups in total. The lowest BCUT2D eigenvalue weighted by Crippen LogP contribution is -2.31. The Morgan fingerprint density at radius 2 is 1.96 bits per heavy atom. The molecule has 0 saturated carbocycles. The smallest absolute Gasteiger partial charge is 0.273 e. The van der Waals surface area contributed by atoms with Gasteiger partial charge in [0.1, 0.15) is 11.5 Å². The molecule has 0 fully saturated rings. The molecule has 0 aliphatic rings. The van der Waals surface area contributed by atoms with E-state index in [-0.39, 0.29) is 5.91 Å². The van der Waals surface area contributed by atoms with E-state index in [4.69, 9.17) is 4.42 Å². The number of thiophene rings is 1. The van der Waals surface area contributed by atoms with Crippen molar-refractivity contribution in [2.45, 2.75) is 13.1 Å². The summed E-state index contributed by atoms with van der Waals surface area (Å²) in [7, 11) is 0. The first-order chi connectivity index (χ1) is 12.8. The van der Waals surface area contributed by atoms with Gasteiger partial charge in [-0.05, 0) is 35.7 Å². The number of amides is 1. The van der Waals surface area contributed by atoms with E-state index in [1.54, 1.807) is 35.0 Å². The maximum absolute atomic E-state index is 13.3. The number of furan rings is 1. The zero-order valence-corrected chi connectivity index (χ0v) is 14.8. The second-order valence-electron chi connectivity index (χ2n) is 5.80. The lowest BCUT2D eigenvalue weighted by Gasteiger charge is -2.21. The molecule has 1 aromatic carbocycles. The van der Waals surface area contributed by atoms with E-state index in [0.717, 1.165) is 16.3 Å². The number of para-hydroxylation sites is 1. The second-order valence-corrected chi connectivity index (χ2v) is 6.84. The number of imidazole rings is 1. The van der Waals surface area contributed by atoms with Gasteiger partial charge in [-0.3, -0.25) is 9.36 Å².